The summed E-state index contributed by atoms with van der Waals surface area (Å²) in [7, 11) is 0. The van der Waals surface area contributed by atoms with Gasteiger partial charge >= 0.3 is 6.03 Å². The van der Waals surface area contributed by atoms with Crippen LogP contribution in [0.25, 0.3) is 0 Å². The lowest BCUT2D eigenvalue weighted by molar-refractivity contribution is 0.247. The van der Waals surface area contributed by atoms with E-state index in [-0.39, 0.29) is 6.03 Å². The minimum Gasteiger partial charge on any atom is -0.332 e. The topological polar surface area (TPSA) is 41.1 Å². The van der Waals surface area contributed by atoms with Crippen molar-refractivity contribution in [3.05, 3.63) is 0 Å². The molecule has 3 atom stereocenters. The van der Waals surface area contributed by atoms with Crippen LogP contribution in [0.3, 0.4) is 0 Å². The van der Waals surface area contributed by atoms with Crippen LogP contribution in [0.5, 0.6) is 0 Å². The number of carbonyl (C=O) groups is 1. The highest BCUT2D eigenvalue weighted by Crippen LogP contribution is 2.33. The third kappa shape index (κ3) is 2.00. The second kappa shape index (κ2) is 4.43. The SMILES string of the molecule is CCCCC[C@@H]1SCC2NC(=O)N[C@@H]21. The van der Waals surface area contributed by atoms with Crippen molar-refractivity contribution in [2.45, 2.75) is 49.9 Å². The lowest BCUT2D eigenvalue weighted by atomic mass is 10.0. The number of urea groups is 1. The first-order valence-electron chi connectivity index (χ1n) is 5.50. The number of hydrogen-bond acceptors (Lipinski definition) is 2. The van der Waals surface area contributed by atoms with E-state index in [2.05, 4.69) is 17.6 Å². The molecule has 80 valence electrons. The molecule has 0 aromatic carbocycles. The maximum atomic E-state index is 11.1. The average Bonchev–Trinajstić information content (AvgIpc) is 2.66. The zero-order valence-corrected chi connectivity index (χ0v) is 9.40. The van der Waals surface area contributed by atoms with Gasteiger partial charge in [-0.25, -0.2) is 4.79 Å². The zero-order valence-electron chi connectivity index (χ0n) is 8.58. The number of unbranched alkanes of at least 4 members (excludes halogenated alkanes) is 2. The van der Waals surface area contributed by atoms with Gasteiger partial charge in [0.1, 0.15) is 0 Å². The predicted octanol–water partition coefficient (Wildman–Crippen LogP) is 1.73. The molecule has 14 heavy (non-hydrogen) atoms. The van der Waals surface area contributed by atoms with E-state index in [9.17, 15) is 4.79 Å². The molecule has 2 saturated heterocycles. The molecule has 2 aliphatic rings. The number of rotatable bonds is 4. The Morgan fingerprint density at radius 1 is 1.43 bits per heavy atom. The highest BCUT2D eigenvalue weighted by atomic mass is 32.2. The molecule has 0 bridgehead atoms. The van der Waals surface area contributed by atoms with Crippen molar-refractivity contribution in [3.63, 3.8) is 0 Å². The van der Waals surface area contributed by atoms with E-state index in [1.807, 2.05) is 11.8 Å². The summed E-state index contributed by atoms with van der Waals surface area (Å²) >= 11 is 2.01. The van der Waals surface area contributed by atoms with Gasteiger partial charge in [0.15, 0.2) is 0 Å². The fourth-order valence-corrected chi connectivity index (χ4v) is 3.78. The Bertz CT molecular complexity index is 222. The Hall–Kier alpha value is -0.380. The van der Waals surface area contributed by atoms with Gasteiger partial charge in [0.05, 0.1) is 12.1 Å². The molecule has 0 spiro atoms. The van der Waals surface area contributed by atoms with E-state index in [4.69, 9.17) is 0 Å². The van der Waals surface area contributed by atoms with Crippen LogP contribution in [0, 0.1) is 0 Å². The van der Waals surface area contributed by atoms with Crippen molar-refractivity contribution in [1.82, 2.24) is 10.6 Å². The molecule has 4 heteroatoms. The van der Waals surface area contributed by atoms with E-state index >= 15 is 0 Å². The van der Waals surface area contributed by atoms with Crippen molar-refractivity contribution in [2.75, 3.05) is 5.75 Å². The monoisotopic (exact) mass is 214 g/mol. The van der Waals surface area contributed by atoms with E-state index in [0.29, 0.717) is 17.3 Å². The van der Waals surface area contributed by atoms with Crippen LogP contribution < -0.4 is 10.6 Å². The van der Waals surface area contributed by atoms with Crippen molar-refractivity contribution in [1.29, 1.82) is 0 Å². The number of hydrogen-bond donors (Lipinski definition) is 2. The van der Waals surface area contributed by atoms with Crippen molar-refractivity contribution in [3.8, 4) is 0 Å². The third-order valence-corrected chi connectivity index (χ3v) is 4.54. The van der Waals surface area contributed by atoms with E-state index in [1.54, 1.807) is 0 Å². The minimum absolute atomic E-state index is 0.0285. The number of amides is 2. The molecule has 0 aliphatic carbocycles. The first-order chi connectivity index (χ1) is 6.81. The number of nitrogens with one attached hydrogen (secondary N) is 2. The van der Waals surface area contributed by atoms with Gasteiger partial charge in [-0.2, -0.15) is 11.8 Å². The molecule has 0 radical (unpaired) electrons. The molecule has 3 nitrogen and oxygen atoms in total. The van der Waals surface area contributed by atoms with Gasteiger partial charge in [-0.15, -0.1) is 0 Å². The second-order valence-corrected chi connectivity index (χ2v) is 5.39. The summed E-state index contributed by atoms with van der Waals surface area (Å²) in [5, 5.41) is 6.63. The van der Waals surface area contributed by atoms with E-state index in [1.165, 1.54) is 25.7 Å². The Morgan fingerprint density at radius 2 is 2.29 bits per heavy atom. The Labute approximate surface area is 89.4 Å². The van der Waals surface area contributed by atoms with Crippen molar-refractivity contribution < 1.29 is 4.79 Å². The van der Waals surface area contributed by atoms with Gasteiger partial charge in [0, 0.05) is 11.0 Å². The quantitative estimate of drug-likeness (QED) is 0.553. The highest BCUT2D eigenvalue weighted by Gasteiger charge is 2.42. The predicted molar refractivity (Wildman–Crippen MR) is 59.6 cm³/mol. The van der Waals surface area contributed by atoms with Gasteiger partial charge < -0.3 is 10.6 Å². The Morgan fingerprint density at radius 3 is 3.07 bits per heavy atom. The molecule has 2 aliphatic heterocycles. The lowest BCUT2D eigenvalue weighted by Gasteiger charge is -2.16. The summed E-state index contributed by atoms with van der Waals surface area (Å²) in [6.45, 7) is 2.23. The summed E-state index contributed by atoms with van der Waals surface area (Å²) < 4.78 is 0. The minimum atomic E-state index is 0.0285. The number of carbonyl (C=O) groups excluding carboxylic acids is 1. The fraction of sp³-hybridized carbons (Fsp3) is 0.900. The van der Waals surface area contributed by atoms with Crippen LogP contribution in [0.15, 0.2) is 0 Å². The molecule has 0 aromatic heterocycles. The molecule has 2 N–H and O–H groups in total. The third-order valence-electron chi connectivity index (χ3n) is 3.03. The van der Waals surface area contributed by atoms with Crippen LogP contribution in [0.1, 0.15) is 32.6 Å². The maximum Gasteiger partial charge on any atom is 0.315 e. The maximum absolute atomic E-state index is 11.1. The van der Waals surface area contributed by atoms with Gasteiger partial charge in [0.25, 0.3) is 0 Å². The van der Waals surface area contributed by atoms with Crippen LogP contribution >= 0.6 is 11.8 Å². The molecule has 0 saturated carbocycles. The molecule has 2 amide bonds. The van der Waals surface area contributed by atoms with E-state index < -0.39 is 0 Å². The van der Waals surface area contributed by atoms with Gasteiger partial charge in [-0.3, -0.25) is 0 Å². The van der Waals surface area contributed by atoms with Crippen LogP contribution in [0.4, 0.5) is 4.79 Å². The number of fused-ring (bicyclic) bond motifs is 1. The van der Waals surface area contributed by atoms with Crippen LogP contribution in [-0.2, 0) is 0 Å². The largest absolute Gasteiger partial charge is 0.332 e. The summed E-state index contributed by atoms with van der Waals surface area (Å²) in [4.78, 5) is 11.1. The molecule has 2 fully saturated rings. The molecular weight excluding hydrogens is 196 g/mol. The summed E-state index contributed by atoms with van der Waals surface area (Å²) in [6.07, 6.45) is 5.14. The zero-order chi connectivity index (χ0) is 9.97. The second-order valence-electron chi connectivity index (χ2n) is 4.12. The first kappa shape index (κ1) is 10.1. The van der Waals surface area contributed by atoms with Gasteiger partial charge in [0.2, 0.25) is 0 Å². The van der Waals surface area contributed by atoms with Gasteiger partial charge in [-0.05, 0) is 6.42 Å². The summed E-state index contributed by atoms with van der Waals surface area (Å²) in [5.74, 6) is 1.08. The smallest absolute Gasteiger partial charge is 0.315 e. The van der Waals surface area contributed by atoms with Gasteiger partial charge in [-0.1, -0.05) is 26.2 Å². The summed E-state index contributed by atoms with van der Waals surface area (Å²) in [6, 6.07) is 0.810. The lowest BCUT2D eigenvalue weighted by Crippen LogP contribution is -2.36. The van der Waals surface area contributed by atoms with Crippen LogP contribution in [-0.4, -0.2) is 29.1 Å². The Balaban J connectivity index is 1.80. The van der Waals surface area contributed by atoms with E-state index in [0.717, 1.165) is 5.75 Å². The number of thioether (sulfide) groups is 1. The molecule has 2 rings (SSSR count). The average molecular weight is 214 g/mol. The van der Waals surface area contributed by atoms with Crippen LogP contribution in [0.2, 0.25) is 0 Å². The highest BCUT2D eigenvalue weighted by molar-refractivity contribution is 8.00. The fourth-order valence-electron chi connectivity index (χ4n) is 2.24. The molecule has 2 heterocycles. The molecule has 0 aromatic rings. The van der Waals surface area contributed by atoms with Crippen molar-refractivity contribution >= 4 is 17.8 Å². The molecule has 1 unspecified atom stereocenters. The Kier molecular flexibility index (Phi) is 3.21. The summed E-state index contributed by atoms with van der Waals surface area (Å²) in [5.41, 5.74) is 0. The molecular formula is C10H18N2OS. The van der Waals surface area contributed by atoms with Crippen molar-refractivity contribution in [2.24, 2.45) is 0 Å². The standard InChI is InChI=1S/C10H18N2OS/c1-2-3-4-5-8-9-7(6-14-8)11-10(13)12-9/h7-9H,2-6H2,1H3,(H2,11,12,13)/t7?,8-,9-/m0/s1. The first-order valence-corrected chi connectivity index (χ1v) is 6.54. The normalized spacial score (nSPS) is 35.2.